The van der Waals surface area contributed by atoms with E-state index in [0.717, 1.165) is 13.1 Å². The van der Waals surface area contributed by atoms with E-state index < -0.39 is 29.2 Å². The van der Waals surface area contributed by atoms with Gasteiger partial charge in [0, 0.05) is 23.6 Å². The van der Waals surface area contributed by atoms with Crippen LogP contribution in [0.3, 0.4) is 0 Å². The lowest BCUT2D eigenvalue weighted by atomic mass is 9.89. The molecule has 0 unspecified atom stereocenters. The predicted octanol–water partition coefficient (Wildman–Crippen LogP) is 3.85. The molecule has 0 aliphatic carbocycles. The van der Waals surface area contributed by atoms with Crippen LogP contribution in [0.15, 0.2) is 36.4 Å². The third-order valence-corrected chi connectivity index (χ3v) is 4.91. The fraction of sp³-hybridized carbons (Fsp3) is 0.300. The number of hydrogen-bond donors (Lipinski definition) is 1. The molecule has 1 fully saturated rings. The van der Waals surface area contributed by atoms with Crippen molar-refractivity contribution in [3.05, 3.63) is 59.4 Å². The molecule has 0 bridgehead atoms. The number of anilines is 2. The monoisotopic (exact) mass is 391 g/mol. The summed E-state index contributed by atoms with van der Waals surface area (Å²) >= 11 is 0. The number of piperidine rings is 1. The topological polar surface area (TPSA) is 66.6 Å². The standard InChI is InChI=1S/C20H20F3N3O2/c1-25-7-5-12(6-8-25)19(27)13-3-2-4-15(9-13)26(20(24)28)17-11-14(21)10-16(22)18(17)23/h2-4,9-12H,5-8H2,1H3,(H2,24,28). The molecular weight excluding hydrogens is 371 g/mol. The summed E-state index contributed by atoms with van der Waals surface area (Å²) in [6, 6.07) is 5.82. The number of likely N-dealkylation sites (tertiary alicyclic amines) is 1. The summed E-state index contributed by atoms with van der Waals surface area (Å²) in [5.74, 6) is -4.16. The first-order valence-electron chi connectivity index (χ1n) is 8.85. The molecule has 1 aliphatic heterocycles. The average Bonchev–Trinajstić information content (AvgIpc) is 2.66. The van der Waals surface area contributed by atoms with Crippen LogP contribution >= 0.6 is 0 Å². The number of carbonyl (C=O) groups excluding carboxylic acids is 2. The second-order valence-electron chi connectivity index (χ2n) is 6.89. The summed E-state index contributed by atoms with van der Waals surface area (Å²) in [4.78, 5) is 27.5. The van der Waals surface area contributed by atoms with Crippen LogP contribution in [0.5, 0.6) is 0 Å². The summed E-state index contributed by atoms with van der Waals surface area (Å²) in [5.41, 5.74) is 5.06. The van der Waals surface area contributed by atoms with Gasteiger partial charge >= 0.3 is 6.03 Å². The fourth-order valence-electron chi connectivity index (χ4n) is 3.39. The zero-order valence-corrected chi connectivity index (χ0v) is 15.3. The number of ketones is 1. The van der Waals surface area contributed by atoms with Crippen molar-refractivity contribution >= 4 is 23.2 Å². The van der Waals surface area contributed by atoms with Crippen LogP contribution in [0.2, 0.25) is 0 Å². The number of carbonyl (C=O) groups is 2. The van der Waals surface area contributed by atoms with Crippen LogP contribution in [0, 0.1) is 23.4 Å². The van der Waals surface area contributed by atoms with Gasteiger partial charge in [-0.3, -0.25) is 9.69 Å². The molecule has 1 heterocycles. The Labute approximate surface area is 160 Å². The first kappa shape index (κ1) is 19.9. The molecule has 28 heavy (non-hydrogen) atoms. The maximum absolute atomic E-state index is 14.2. The van der Waals surface area contributed by atoms with Gasteiger partial charge in [-0.2, -0.15) is 0 Å². The molecule has 0 atom stereocenters. The Morgan fingerprint density at radius 1 is 1.11 bits per heavy atom. The van der Waals surface area contributed by atoms with Crippen molar-refractivity contribution in [3.8, 4) is 0 Å². The minimum atomic E-state index is -1.44. The lowest BCUT2D eigenvalue weighted by molar-refractivity contribution is 0.0857. The van der Waals surface area contributed by atoms with Gasteiger partial charge < -0.3 is 10.6 Å². The molecule has 0 saturated carbocycles. The molecule has 8 heteroatoms. The van der Waals surface area contributed by atoms with E-state index in [4.69, 9.17) is 5.73 Å². The van der Waals surface area contributed by atoms with Gasteiger partial charge in [0.2, 0.25) is 0 Å². The van der Waals surface area contributed by atoms with Gasteiger partial charge in [-0.05, 0) is 45.1 Å². The summed E-state index contributed by atoms with van der Waals surface area (Å²) < 4.78 is 41.4. The summed E-state index contributed by atoms with van der Waals surface area (Å²) in [6.07, 6.45) is 1.42. The van der Waals surface area contributed by atoms with Gasteiger partial charge in [-0.15, -0.1) is 0 Å². The third-order valence-electron chi connectivity index (χ3n) is 4.91. The highest BCUT2D eigenvalue weighted by Crippen LogP contribution is 2.31. The van der Waals surface area contributed by atoms with E-state index in [9.17, 15) is 22.8 Å². The van der Waals surface area contributed by atoms with E-state index in [1.54, 1.807) is 6.07 Å². The number of nitrogens with zero attached hydrogens (tertiary/aromatic N) is 2. The van der Waals surface area contributed by atoms with Crippen LogP contribution in [-0.4, -0.2) is 36.9 Å². The minimum Gasteiger partial charge on any atom is -0.351 e. The SMILES string of the molecule is CN1CCC(C(=O)c2cccc(N(C(N)=O)c3cc(F)cc(F)c3F)c2)CC1. The van der Waals surface area contributed by atoms with Gasteiger partial charge in [-0.1, -0.05) is 12.1 Å². The Morgan fingerprint density at radius 3 is 2.43 bits per heavy atom. The predicted molar refractivity (Wildman–Crippen MR) is 99.0 cm³/mol. The zero-order valence-electron chi connectivity index (χ0n) is 15.3. The number of benzene rings is 2. The van der Waals surface area contributed by atoms with E-state index in [2.05, 4.69) is 4.90 Å². The number of urea groups is 1. The van der Waals surface area contributed by atoms with Crippen LogP contribution in [0.25, 0.3) is 0 Å². The van der Waals surface area contributed by atoms with E-state index >= 15 is 0 Å². The molecule has 0 aromatic heterocycles. The van der Waals surface area contributed by atoms with Crippen LogP contribution in [0.4, 0.5) is 29.3 Å². The second kappa shape index (κ2) is 8.02. The molecule has 148 valence electrons. The molecule has 1 saturated heterocycles. The van der Waals surface area contributed by atoms with E-state index in [0.29, 0.717) is 35.4 Å². The largest absolute Gasteiger partial charge is 0.351 e. The Balaban J connectivity index is 1.97. The van der Waals surface area contributed by atoms with Crippen molar-refractivity contribution in [2.24, 2.45) is 11.7 Å². The van der Waals surface area contributed by atoms with Crippen LogP contribution < -0.4 is 10.6 Å². The Bertz CT molecular complexity index is 912. The van der Waals surface area contributed by atoms with E-state index in [-0.39, 0.29) is 17.4 Å². The van der Waals surface area contributed by atoms with Crippen molar-refractivity contribution in [2.45, 2.75) is 12.8 Å². The molecule has 0 radical (unpaired) electrons. The zero-order chi connectivity index (χ0) is 20.4. The van der Waals surface area contributed by atoms with Crippen molar-refractivity contribution in [3.63, 3.8) is 0 Å². The number of rotatable bonds is 4. The van der Waals surface area contributed by atoms with E-state index in [1.807, 2.05) is 7.05 Å². The van der Waals surface area contributed by atoms with Gasteiger partial charge in [0.25, 0.3) is 0 Å². The number of Topliss-reactive ketones (excluding diaryl/α,β-unsaturated/α-hetero) is 1. The van der Waals surface area contributed by atoms with Gasteiger partial charge in [0.15, 0.2) is 17.4 Å². The second-order valence-corrected chi connectivity index (χ2v) is 6.89. The summed E-state index contributed by atoms with van der Waals surface area (Å²) in [6.45, 7) is 1.61. The lowest BCUT2D eigenvalue weighted by Gasteiger charge is -2.28. The first-order valence-corrected chi connectivity index (χ1v) is 8.85. The van der Waals surface area contributed by atoms with Crippen LogP contribution in [0.1, 0.15) is 23.2 Å². The Hall–Kier alpha value is -2.87. The highest BCUT2D eigenvalue weighted by Gasteiger charge is 2.27. The third kappa shape index (κ3) is 4.01. The molecule has 2 amide bonds. The summed E-state index contributed by atoms with van der Waals surface area (Å²) in [5, 5.41) is 0. The number of primary amides is 1. The Kier molecular flexibility index (Phi) is 5.69. The molecule has 1 aliphatic rings. The molecule has 5 nitrogen and oxygen atoms in total. The minimum absolute atomic E-state index is 0.0511. The number of halogens is 3. The summed E-state index contributed by atoms with van der Waals surface area (Å²) in [7, 11) is 1.98. The highest BCUT2D eigenvalue weighted by atomic mass is 19.2. The molecule has 2 aromatic carbocycles. The lowest BCUT2D eigenvalue weighted by Crippen LogP contribution is -2.34. The first-order chi connectivity index (χ1) is 13.3. The molecule has 2 aromatic rings. The molecule has 2 N–H and O–H groups in total. The van der Waals surface area contributed by atoms with Gasteiger partial charge in [-0.25, -0.2) is 18.0 Å². The van der Waals surface area contributed by atoms with Crippen molar-refractivity contribution in [1.29, 1.82) is 0 Å². The Morgan fingerprint density at radius 2 is 1.79 bits per heavy atom. The highest BCUT2D eigenvalue weighted by molar-refractivity contribution is 6.02. The molecule has 3 rings (SSSR count). The van der Waals surface area contributed by atoms with Crippen molar-refractivity contribution < 1.29 is 22.8 Å². The van der Waals surface area contributed by atoms with Crippen LogP contribution in [-0.2, 0) is 0 Å². The normalized spacial score (nSPS) is 15.4. The van der Waals surface area contributed by atoms with Crippen molar-refractivity contribution in [2.75, 3.05) is 25.0 Å². The van der Waals surface area contributed by atoms with Gasteiger partial charge in [0.1, 0.15) is 5.82 Å². The average molecular weight is 391 g/mol. The van der Waals surface area contributed by atoms with E-state index in [1.165, 1.54) is 18.2 Å². The number of nitrogens with two attached hydrogens (primary N) is 1. The molecular formula is C20H20F3N3O2. The maximum atomic E-state index is 14.2. The quantitative estimate of drug-likeness (QED) is 0.636. The maximum Gasteiger partial charge on any atom is 0.323 e. The van der Waals surface area contributed by atoms with Crippen molar-refractivity contribution in [1.82, 2.24) is 4.90 Å². The smallest absolute Gasteiger partial charge is 0.323 e. The fourth-order valence-corrected chi connectivity index (χ4v) is 3.39. The molecule has 0 spiro atoms. The number of hydrogen-bond acceptors (Lipinski definition) is 3. The van der Waals surface area contributed by atoms with Gasteiger partial charge in [0.05, 0.1) is 11.4 Å². The number of amides is 2.